The standard InChI is InChI=1S/C18H24O3/c1-14(2)5-4-6-15(3)9-10-19-12-16-7-8-17-18(11-16)21-13-20-17/h5,7-9,11H,4,6,10,12-13H2,1-3H3. The lowest BCUT2D eigenvalue weighted by Crippen LogP contribution is -1.94. The van der Waals surface area contributed by atoms with Crippen molar-refractivity contribution in [2.75, 3.05) is 13.4 Å². The third-order valence-corrected chi connectivity index (χ3v) is 3.35. The molecule has 1 aromatic carbocycles. The highest BCUT2D eigenvalue weighted by molar-refractivity contribution is 5.44. The number of hydrogen-bond donors (Lipinski definition) is 0. The third kappa shape index (κ3) is 5.27. The van der Waals surface area contributed by atoms with Crippen LogP contribution in [0.2, 0.25) is 0 Å². The molecule has 0 saturated heterocycles. The number of ether oxygens (including phenoxy) is 3. The average molecular weight is 288 g/mol. The Balaban J connectivity index is 1.70. The Morgan fingerprint density at radius 3 is 2.76 bits per heavy atom. The number of rotatable bonds is 7. The molecule has 3 nitrogen and oxygen atoms in total. The van der Waals surface area contributed by atoms with Crippen molar-refractivity contribution in [1.29, 1.82) is 0 Å². The minimum atomic E-state index is 0.313. The maximum Gasteiger partial charge on any atom is 0.231 e. The summed E-state index contributed by atoms with van der Waals surface area (Å²) in [5.41, 5.74) is 3.86. The number of benzene rings is 1. The summed E-state index contributed by atoms with van der Waals surface area (Å²) in [6.45, 7) is 7.97. The number of allylic oxidation sites excluding steroid dienone is 3. The fourth-order valence-corrected chi connectivity index (χ4v) is 2.10. The molecule has 1 aliphatic rings. The Morgan fingerprint density at radius 2 is 1.95 bits per heavy atom. The second-order valence-electron chi connectivity index (χ2n) is 5.57. The average Bonchev–Trinajstić information content (AvgIpc) is 2.90. The number of fused-ring (bicyclic) bond motifs is 1. The lowest BCUT2D eigenvalue weighted by Gasteiger charge is -2.04. The summed E-state index contributed by atoms with van der Waals surface area (Å²) in [5, 5.41) is 0. The molecule has 0 atom stereocenters. The van der Waals surface area contributed by atoms with Crippen molar-refractivity contribution < 1.29 is 14.2 Å². The zero-order valence-corrected chi connectivity index (χ0v) is 13.1. The van der Waals surface area contributed by atoms with Gasteiger partial charge in [-0.25, -0.2) is 0 Å². The zero-order valence-electron chi connectivity index (χ0n) is 13.1. The molecule has 0 aromatic heterocycles. The smallest absolute Gasteiger partial charge is 0.231 e. The Labute approximate surface area is 127 Å². The molecule has 0 aliphatic carbocycles. The first-order valence-electron chi connectivity index (χ1n) is 7.40. The zero-order chi connectivity index (χ0) is 15.1. The van der Waals surface area contributed by atoms with Crippen LogP contribution in [-0.4, -0.2) is 13.4 Å². The van der Waals surface area contributed by atoms with Crippen LogP contribution in [0.25, 0.3) is 0 Å². The fourth-order valence-electron chi connectivity index (χ4n) is 2.10. The molecule has 21 heavy (non-hydrogen) atoms. The van der Waals surface area contributed by atoms with Crippen LogP contribution >= 0.6 is 0 Å². The second-order valence-corrected chi connectivity index (χ2v) is 5.57. The molecule has 3 heteroatoms. The molecule has 1 heterocycles. The lowest BCUT2D eigenvalue weighted by molar-refractivity contribution is 0.147. The van der Waals surface area contributed by atoms with Crippen LogP contribution in [0.4, 0.5) is 0 Å². The predicted molar refractivity (Wildman–Crippen MR) is 84.6 cm³/mol. The van der Waals surface area contributed by atoms with Gasteiger partial charge in [0.05, 0.1) is 13.2 Å². The highest BCUT2D eigenvalue weighted by Crippen LogP contribution is 2.32. The Kier molecular flexibility index (Phi) is 5.88. The molecular weight excluding hydrogens is 264 g/mol. The van der Waals surface area contributed by atoms with Gasteiger partial charge in [-0.3, -0.25) is 0 Å². The van der Waals surface area contributed by atoms with E-state index in [9.17, 15) is 0 Å². The van der Waals surface area contributed by atoms with Crippen molar-refractivity contribution in [3.8, 4) is 11.5 Å². The van der Waals surface area contributed by atoms with Crippen LogP contribution in [0.5, 0.6) is 11.5 Å². The van der Waals surface area contributed by atoms with Gasteiger partial charge in [0.1, 0.15) is 0 Å². The van der Waals surface area contributed by atoms with Crippen LogP contribution < -0.4 is 9.47 Å². The summed E-state index contributed by atoms with van der Waals surface area (Å²) >= 11 is 0. The quantitative estimate of drug-likeness (QED) is 0.541. The van der Waals surface area contributed by atoms with Gasteiger partial charge in [-0.2, -0.15) is 0 Å². The van der Waals surface area contributed by atoms with E-state index in [4.69, 9.17) is 14.2 Å². The van der Waals surface area contributed by atoms with Crippen molar-refractivity contribution in [1.82, 2.24) is 0 Å². The van der Waals surface area contributed by atoms with Gasteiger partial charge in [0.2, 0.25) is 6.79 Å². The van der Waals surface area contributed by atoms with E-state index in [2.05, 4.69) is 32.9 Å². The van der Waals surface area contributed by atoms with E-state index in [1.165, 1.54) is 11.1 Å². The normalized spacial score (nSPS) is 13.4. The SMILES string of the molecule is CC(C)=CCCC(C)=CCOCc1ccc2c(c1)OCO2. The van der Waals surface area contributed by atoms with E-state index < -0.39 is 0 Å². The molecule has 114 valence electrons. The van der Waals surface area contributed by atoms with E-state index in [1.807, 2.05) is 18.2 Å². The lowest BCUT2D eigenvalue weighted by atomic mass is 10.1. The molecule has 0 amide bonds. The van der Waals surface area contributed by atoms with E-state index in [0.717, 1.165) is 29.9 Å². The Hall–Kier alpha value is -1.74. The minimum absolute atomic E-state index is 0.313. The monoisotopic (exact) mass is 288 g/mol. The molecule has 0 saturated carbocycles. The van der Waals surface area contributed by atoms with Gasteiger partial charge < -0.3 is 14.2 Å². The van der Waals surface area contributed by atoms with Crippen molar-refractivity contribution in [3.05, 3.63) is 47.1 Å². The summed E-state index contributed by atoms with van der Waals surface area (Å²) in [7, 11) is 0. The van der Waals surface area contributed by atoms with Gasteiger partial charge >= 0.3 is 0 Å². The van der Waals surface area contributed by atoms with Crippen molar-refractivity contribution in [2.24, 2.45) is 0 Å². The molecule has 0 fully saturated rings. The number of hydrogen-bond acceptors (Lipinski definition) is 3. The second kappa shape index (κ2) is 7.89. The van der Waals surface area contributed by atoms with Gasteiger partial charge in [-0.05, 0) is 51.3 Å². The van der Waals surface area contributed by atoms with E-state index in [1.54, 1.807) is 0 Å². The fraction of sp³-hybridized carbons (Fsp3) is 0.444. The van der Waals surface area contributed by atoms with Gasteiger partial charge in [0.15, 0.2) is 11.5 Å². The molecule has 0 radical (unpaired) electrons. The minimum Gasteiger partial charge on any atom is -0.454 e. The maximum atomic E-state index is 5.69. The molecule has 0 unspecified atom stereocenters. The Morgan fingerprint density at radius 1 is 1.14 bits per heavy atom. The van der Waals surface area contributed by atoms with Crippen LogP contribution in [0.1, 0.15) is 39.2 Å². The largest absolute Gasteiger partial charge is 0.454 e. The molecule has 0 N–H and O–H groups in total. The summed E-state index contributed by atoms with van der Waals surface area (Å²) in [6.07, 6.45) is 6.63. The topological polar surface area (TPSA) is 27.7 Å². The van der Waals surface area contributed by atoms with Crippen LogP contribution in [0, 0.1) is 0 Å². The van der Waals surface area contributed by atoms with Crippen molar-refractivity contribution >= 4 is 0 Å². The van der Waals surface area contributed by atoms with Gasteiger partial charge in [-0.1, -0.05) is 29.4 Å². The highest BCUT2D eigenvalue weighted by atomic mass is 16.7. The van der Waals surface area contributed by atoms with E-state index in [0.29, 0.717) is 20.0 Å². The predicted octanol–water partition coefficient (Wildman–Crippen LogP) is 4.62. The molecule has 1 aliphatic heterocycles. The summed E-state index contributed by atoms with van der Waals surface area (Å²) in [4.78, 5) is 0. The molecule has 0 spiro atoms. The van der Waals surface area contributed by atoms with E-state index >= 15 is 0 Å². The van der Waals surface area contributed by atoms with Gasteiger partial charge in [0, 0.05) is 0 Å². The summed E-state index contributed by atoms with van der Waals surface area (Å²) in [6, 6.07) is 5.92. The Bertz CT molecular complexity index is 525. The first kappa shape index (κ1) is 15.6. The summed E-state index contributed by atoms with van der Waals surface area (Å²) < 4.78 is 16.3. The van der Waals surface area contributed by atoms with Crippen molar-refractivity contribution in [3.63, 3.8) is 0 Å². The first-order chi connectivity index (χ1) is 10.1. The molecular formula is C18H24O3. The highest BCUT2D eigenvalue weighted by Gasteiger charge is 2.12. The maximum absolute atomic E-state index is 5.69. The van der Waals surface area contributed by atoms with Crippen LogP contribution in [0.3, 0.4) is 0 Å². The molecule has 1 aromatic rings. The van der Waals surface area contributed by atoms with Gasteiger partial charge in [0.25, 0.3) is 0 Å². The third-order valence-electron chi connectivity index (χ3n) is 3.35. The summed E-state index contributed by atoms with van der Waals surface area (Å²) in [5.74, 6) is 1.62. The first-order valence-corrected chi connectivity index (χ1v) is 7.40. The van der Waals surface area contributed by atoms with Crippen LogP contribution in [0.15, 0.2) is 41.5 Å². The van der Waals surface area contributed by atoms with E-state index in [-0.39, 0.29) is 0 Å². The van der Waals surface area contributed by atoms with Gasteiger partial charge in [-0.15, -0.1) is 0 Å². The molecule has 2 rings (SSSR count). The molecule has 0 bridgehead atoms. The van der Waals surface area contributed by atoms with Crippen molar-refractivity contribution in [2.45, 2.75) is 40.2 Å². The van der Waals surface area contributed by atoms with Crippen LogP contribution in [-0.2, 0) is 11.3 Å².